The van der Waals surface area contributed by atoms with Crippen LogP contribution in [0.4, 0.5) is 0 Å². The Labute approximate surface area is 219 Å². The largest absolute Gasteiger partial charge is 0.481 e. The van der Waals surface area contributed by atoms with Crippen LogP contribution in [0.2, 0.25) is 0 Å². The fourth-order valence-corrected chi connectivity index (χ4v) is 4.40. The normalized spacial score (nSPS) is 21.7. The molecule has 1 fully saturated rings. The summed E-state index contributed by atoms with van der Waals surface area (Å²) in [6.45, 7) is 1.70. The van der Waals surface area contributed by atoms with E-state index in [-0.39, 0.29) is 43.7 Å². The number of hydrogen-bond acceptors (Lipinski definition) is 9. The van der Waals surface area contributed by atoms with E-state index in [0.717, 1.165) is 5.56 Å². The lowest BCUT2D eigenvalue weighted by atomic mass is 9.92. The minimum Gasteiger partial charge on any atom is -0.481 e. The molecule has 3 rings (SSSR count). The van der Waals surface area contributed by atoms with Gasteiger partial charge in [-0.25, -0.2) is 4.68 Å². The zero-order valence-electron chi connectivity index (χ0n) is 21.0. The van der Waals surface area contributed by atoms with Gasteiger partial charge in [-0.15, -0.1) is 5.10 Å². The molecule has 5 atom stereocenters. The number of amides is 2. The van der Waals surface area contributed by atoms with E-state index in [0.29, 0.717) is 18.5 Å². The highest BCUT2D eigenvalue weighted by molar-refractivity contribution is 5.91. The SMILES string of the molecule is CCCc1c(C(N)=O)nnn1[C@@H]1O[C@H](CNC(=O)[C@@H](CC(=O)CCC(=O)O)Cc2ccccc2)[C@@H](O)[C@H]1O. The van der Waals surface area contributed by atoms with Crippen LogP contribution >= 0.6 is 0 Å². The molecule has 206 valence electrons. The molecule has 0 bridgehead atoms. The molecule has 1 aromatic carbocycles. The molecule has 2 heterocycles. The second-order valence-corrected chi connectivity index (χ2v) is 9.26. The van der Waals surface area contributed by atoms with Crippen LogP contribution in [-0.4, -0.2) is 78.7 Å². The maximum atomic E-state index is 13.1. The van der Waals surface area contributed by atoms with Gasteiger partial charge in [0.15, 0.2) is 11.9 Å². The third kappa shape index (κ3) is 7.21. The predicted molar refractivity (Wildman–Crippen MR) is 132 cm³/mol. The smallest absolute Gasteiger partial charge is 0.303 e. The summed E-state index contributed by atoms with van der Waals surface area (Å²) in [5.74, 6) is -3.48. The quantitative estimate of drug-likeness (QED) is 0.216. The topological polar surface area (TPSA) is 207 Å². The molecule has 2 amide bonds. The van der Waals surface area contributed by atoms with Crippen LogP contribution in [-0.2, 0) is 32.0 Å². The van der Waals surface area contributed by atoms with Gasteiger partial charge in [-0.05, 0) is 18.4 Å². The maximum Gasteiger partial charge on any atom is 0.303 e. The summed E-state index contributed by atoms with van der Waals surface area (Å²) in [5.41, 5.74) is 6.51. The van der Waals surface area contributed by atoms with Crippen LogP contribution in [0.5, 0.6) is 0 Å². The number of carboxylic acid groups (broad SMARTS) is 1. The Kier molecular flexibility index (Phi) is 10.0. The Balaban J connectivity index is 1.69. The van der Waals surface area contributed by atoms with Gasteiger partial charge < -0.3 is 31.1 Å². The van der Waals surface area contributed by atoms with Gasteiger partial charge >= 0.3 is 5.97 Å². The number of carbonyl (C=O) groups is 4. The Morgan fingerprint density at radius 3 is 2.47 bits per heavy atom. The first-order chi connectivity index (χ1) is 18.1. The first-order valence-corrected chi connectivity index (χ1v) is 12.4. The summed E-state index contributed by atoms with van der Waals surface area (Å²) in [6.07, 6.45) is -4.38. The monoisotopic (exact) mass is 531 g/mol. The number of hydrogen-bond donors (Lipinski definition) is 5. The molecule has 0 spiro atoms. The zero-order valence-corrected chi connectivity index (χ0v) is 21.0. The van der Waals surface area contributed by atoms with Crippen LogP contribution in [0.3, 0.4) is 0 Å². The third-order valence-electron chi connectivity index (χ3n) is 6.35. The predicted octanol–water partition coefficient (Wildman–Crippen LogP) is -0.252. The minimum absolute atomic E-state index is 0.0507. The number of aliphatic hydroxyl groups is 2. The van der Waals surface area contributed by atoms with Crippen LogP contribution < -0.4 is 11.1 Å². The number of aliphatic hydroxyl groups excluding tert-OH is 2. The first-order valence-electron chi connectivity index (χ1n) is 12.4. The van der Waals surface area contributed by atoms with E-state index in [1.54, 1.807) is 12.1 Å². The summed E-state index contributed by atoms with van der Waals surface area (Å²) < 4.78 is 7.03. The fraction of sp³-hybridized carbons (Fsp3) is 0.520. The number of ketones is 1. The molecule has 1 aliphatic heterocycles. The van der Waals surface area contributed by atoms with E-state index in [1.807, 2.05) is 25.1 Å². The number of ether oxygens (including phenoxy) is 1. The summed E-state index contributed by atoms with van der Waals surface area (Å²) in [6, 6.07) is 9.08. The Bertz CT molecular complexity index is 1140. The highest BCUT2D eigenvalue weighted by Crippen LogP contribution is 2.30. The maximum absolute atomic E-state index is 13.1. The summed E-state index contributed by atoms with van der Waals surface area (Å²) in [5, 5.41) is 40.4. The zero-order chi connectivity index (χ0) is 27.8. The van der Waals surface area contributed by atoms with E-state index in [9.17, 15) is 29.4 Å². The number of nitrogens with two attached hydrogens (primary N) is 1. The number of carboxylic acids is 1. The van der Waals surface area contributed by atoms with Crippen molar-refractivity contribution in [2.75, 3.05) is 6.54 Å². The van der Waals surface area contributed by atoms with Crippen molar-refractivity contribution >= 4 is 23.6 Å². The lowest BCUT2D eigenvalue weighted by Gasteiger charge is -2.20. The van der Waals surface area contributed by atoms with Crippen molar-refractivity contribution in [3.8, 4) is 0 Å². The molecular formula is C25H33N5O8. The van der Waals surface area contributed by atoms with Gasteiger partial charge in [0.1, 0.15) is 24.1 Å². The van der Waals surface area contributed by atoms with Gasteiger partial charge in [-0.2, -0.15) is 0 Å². The van der Waals surface area contributed by atoms with E-state index in [2.05, 4.69) is 15.6 Å². The van der Waals surface area contributed by atoms with Crippen LogP contribution in [0.15, 0.2) is 30.3 Å². The molecule has 13 heteroatoms. The van der Waals surface area contributed by atoms with E-state index in [1.165, 1.54) is 4.68 Å². The van der Waals surface area contributed by atoms with Crippen molar-refractivity contribution in [1.82, 2.24) is 20.3 Å². The van der Waals surface area contributed by atoms with Crippen LogP contribution in [0.25, 0.3) is 0 Å². The molecule has 13 nitrogen and oxygen atoms in total. The van der Waals surface area contributed by atoms with Gasteiger partial charge in [0.2, 0.25) is 5.91 Å². The number of Topliss-reactive ketones (excluding diaryl/α,β-unsaturated/α-hetero) is 1. The van der Waals surface area contributed by atoms with Crippen molar-refractivity contribution in [1.29, 1.82) is 0 Å². The molecule has 1 aromatic heterocycles. The number of aliphatic carboxylic acids is 1. The van der Waals surface area contributed by atoms with Crippen molar-refractivity contribution in [2.45, 2.75) is 70.0 Å². The molecule has 38 heavy (non-hydrogen) atoms. The van der Waals surface area contributed by atoms with Crippen LogP contribution in [0, 0.1) is 5.92 Å². The van der Waals surface area contributed by atoms with Crippen molar-refractivity contribution in [3.63, 3.8) is 0 Å². The number of rotatable bonds is 14. The van der Waals surface area contributed by atoms with Gasteiger partial charge in [0, 0.05) is 25.3 Å². The summed E-state index contributed by atoms with van der Waals surface area (Å²) in [7, 11) is 0. The molecule has 1 saturated heterocycles. The van der Waals surface area contributed by atoms with E-state index >= 15 is 0 Å². The third-order valence-corrected chi connectivity index (χ3v) is 6.35. The van der Waals surface area contributed by atoms with Crippen molar-refractivity contribution in [2.24, 2.45) is 11.7 Å². The average molecular weight is 532 g/mol. The molecule has 0 radical (unpaired) electrons. The minimum atomic E-state index is -1.42. The molecule has 6 N–H and O–H groups in total. The molecule has 0 unspecified atom stereocenters. The highest BCUT2D eigenvalue weighted by Gasteiger charge is 2.45. The highest BCUT2D eigenvalue weighted by atomic mass is 16.6. The van der Waals surface area contributed by atoms with Gasteiger partial charge in [-0.3, -0.25) is 19.2 Å². The second kappa shape index (κ2) is 13.2. The Morgan fingerprint density at radius 2 is 1.84 bits per heavy atom. The molecule has 0 aliphatic carbocycles. The fourth-order valence-electron chi connectivity index (χ4n) is 4.40. The Morgan fingerprint density at radius 1 is 1.13 bits per heavy atom. The molecule has 1 aliphatic rings. The summed E-state index contributed by atoms with van der Waals surface area (Å²) in [4.78, 5) is 48.0. The number of nitrogens with zero attached hydrogens (tertiary/aromatic N) is 3. The number of benzene rings is 1. The Hall–Kier alpha value is -3.68. The number of primary amides is 1. The second-order valence-electron chi connectivity index (χ2n) is 9.26. The lowest BCUT2D eigenvalue weighted by molar-refractivity contribution is -0.138. The van der Waals surface area contributed by atoms with Gasteiger partial charge in [0.05, 0.1) is 12.1 Å². The molecule has 2 aromatic rings. The van der Waals surface area contributed by atoms with Gasteiger partial charge in [0.25, 0.3) is 5.91 Å². The molecule has 0 saturated carbocycles. The van der Waals surface area contributed by atoms with Gasteiger partial charge in [-0.1, -0.05) is 48.9 Å². The van der Waals surface area contributed by atoms with E-state index in [4.69, 9.17) is 15.6 Å². The van der Waals surface area contributed by atoms with Crippen LogP contribution in [0.1, 0.15) is 60.6 Å². The van der Waals surface area contributed by atoms with E-state index < -0.39 is 48.2 Å². The number of carbonyl (C=O) groups excluding carboxylic acids is 3. The van der Waals surface area contributed by atoms with Crippen molar-refractivity contribution < 1.29 is 39.2 Å². The number of nitrogens with one attached hydrogen (secondary N) is 1. The molecular weight excluding hydrogens is 498 g/mol. The standard InChI is InChI=1S/C25H33N5O8/c1-2-6-17-20(23(26)36)28-29-30(17)25-22(35)21(34)18(38-25)13-27-24(37)15(11-14-7-4-3-5-8-14)12-16(31)9-10-19(32)33/h3-5,7-8,15,18,21-22,25,34-35H,2,6,9-13H2,1H3,(H2,26,36)(H,27,37)(H,32,33)/t15-,18-,21-,22-,25-/m1/s1. The summed E-state index contributed by atoms with van der Waals surface area (Å²) >= 11 is 0. The van der Waals surface area contributed by atoms with Crippen molar-refractivity contribution in [3.05, 3.63) is 47.3 Å². The lowest BCUT2D eigenvalue weighted by Crippen LogP contribution is -2.42. The first kappa shape index (κ1) is 28.9. The average Bonchev–Trinajstić information content (AvgIpc) is 3.42. The number of aromatic nitrogens is 3.